The maximum absolute atomic E-state index is 9.40. The van der Waals surface area contributed by atoms with E-state index in [2.05, 4.69) is 6.07 Å². The Morgan fingerprint density at radius 3 is 2.64 bits per heavy atom. The molecule has 1 aromatic rings. The summed E-state index contributed by atoms with van der Waals surface area (Å²) in [6, 6.07) is 7.34. The van der Waals surface area contributed by atoms with Crippen molar-refractivity contribution in [3.05, 3.63) is 33.3 Å². The van der Waals surface area contributed by atoms with Crippen LogP contribution in [0, 0.1) is 34.0 Å². The molecule has 0 radical (unpaired) electrons. The van der Waals surface area contributed by atoms with Gasteiger partial charge < -0.3 is 15.2 Å². The van der Waals surface area contributed by atoms with Crippen LogP contribution in [0.3, 0.4) is 0 Å². The Kier molecular flexibility index (Phi) is 3.61. The SMILES string of the molecule is N#CC1=C(N)SC(=N)[C@@H](C#N)[C@H]1c1cc2c(cc1Cl)OCO2. The van der Waals surface area contributed by atoms with E-state index in [0.717, 1.165) is 11.8 Å². The second-order valence-electron chi connectivity index (χ2n) is 4.67. The lowest BCUT2D eigenvalue weighted by molar-refractivity contribution is 0.174. The van der Waals surface area contributed by atoms with Gasteiger partial charge in [-0.15, -0.1) is 0 Å². The van der Waals surface area contributed by atoms with Crippen molar-refractivity contribution < 1.29 is 9.47 Å². The van der Waals surface area contributed by atoms with E-state index in [-0.39, 0.29) is 22.4 Å². The van der Waals surface area contributed by atoms with Gasteiger partial charge >= 0.3 is 0 Å². The fourth-order valence-corrected chi connectivity index (χ4v) is 3.58. The van der Waals surface area contributed by atoms with E-state index < -0.39 is 11.8 Å². The molecule has 3 N–H and O–H groups in total. The Morgan fingerprint density at radius 2 is 2.00 bits per heavy atom. The first kappa shape index (κ1) is 14.6. The molecule has 8 heteroatoms. The fraction of sp³-hybridized carbons (Fsp3) is 0.214. The summed E-state index contributed by atoms with van der Waals surface area (Å²) in [5.74, 6) is -0.495. The third-order valence-corrected chi connectivity index (χ3v) is 4.74. The summed E-state index contributed by atoms with van der Waals surface area (Å²) in [5.41, 5.74) is 6.63. The molecular formula is C14H9ClN4O2S. The molecule has 2 aliphatic heterocycles. The molecule has 0 saturated carbocycles. The lowest BCUT2D eigenvalue weighted by atomic mass is 9.81. The summed E-state index contributed by atoms with van der Waals surface area (Å²) in [7, 11) is 0. The zero-order chi connectivity index (χ0) is 15.9. The second-order valence-corrected chi connectivity index (χ2v) is 6.16. The molecule has 1 aromatic carbocycles. The van der Waals surface area contributed by atoms with E-state index in [9.17, 15) is 10.5 Å². The van der Waals surface area contributed by atoms with Crippen molar-refractivity contribution in [2.24, 2.45) is 11.7 Å². The first-order chi connectivity index (χ1) is 10.6. The van der Waals surface area contributed by atoms with E-state index in [4.69, 9.17) is 32.2 Å². The number of nitrogens with zero attached hydrogens (tertiary/aromatic N) is 2. The van der Waals surface area contributed by atoms with Gasteiger partial charge in [0.1, 0.15) is 5.92 Å². The molecule has 0 spiro atoms. The Labute approximate surface area is 135 Å². The monoisotopic (exact) mass is 332 g/mol. The Bertz CT molecular complexity index is 793. The number of rotatable bonds is 1. The highest BCUT2D eigenvalue weighted by molar-refractivity contribution is 8.17. The molecule has 0 saturated heterocycles. The van der Waals surface area contributed by atoms with Gasteiger partial charge in [0, 0.05) is 17.0 Å². The number of hydrogen-bond acceptors (Lipinski definition) is 7. The number of nitriles is 2. The number of benzene rings is 1. The number of allylic oxidation sites excluding steroid dienone is 1. The lowest BCUT2D eigenvalue weighted by Crippen LogP contribution is -2.27. The molecule has 22 heavy (non-hydrogen) atoms. The van der Waals surface area contributed by atoms with E-state index >= 15 is 0 Å². The van der Waals surface area contributed by atoms with E-state index in [1.807, 2.05) is 6.07 Å². The minimum atomic E-state index is -0.815. The highest BCUT2D eigenvalue weighted by Crippen LogP contribution is 2.47. The van der Waals surface area contributed by atoms with Crippen LogP contribution in [0.15, 0.2) is 22.7 Å². The van der Waals surface area contributed by atoms with Crippen molar-refractivity contribution in [1.29, 1.82) is 15.9 Å². The standard InChI is InChI=1S/C14H9ClN4O2S/c15-9-2-11-10(20-5-21-11)1-6(9)12-7(3-16)13(18)22-14(19)8(12)4-17/h1-2,7,12,18H,5,19H2/t7-,12+/m0/s1. The summed E-state index contributed by atoms with van der Waals surface area (Å²) in [4.78, 5) is 0. The molecule has 110 valence electrons. The molecule has 0 unspecified atom stereocenters. The highest BCUT2D eigenvalue weighted by Gasteiger charge is 2.39. The van der Waals surface area contributed by atoms with Crippen LogP contribution in [-0.4, -0.2) is 11.8 Å². The van der Waals surface area contributed by atoms with Crippen LogP contribution in [-0.2, 0) is 0 Å². The minimum Gasteiger partial charge on any atom is -0.454 e. The van der Waals surface area contributed by atoms with Gasteiger partial charge in [-0.1, -0.05) is 23.4 Å². The molecule has 3 rings (SSSR count). The van der Waals surface area contributed by atoms with Gasteiger partial charge in [-0.3, -0.25) is 5.41 Å². The van der Waals surface area contributed by atoms with Crippen LogP contribution >= 0.6 is 23.4 Å². The van der Waals surface area contributed by atoms with Gasteiger partial charge in [0.25, 0.3) is 0 Å². The van der Waals surface area contributed by atoms with Crippen molar-refractivity contribution >= 4 is 28.4 Å². The minimum absolute atomic E-state index is 0.0935. The number of thioether (sulfide) groups is 1. The number of nitrogens with one attached hydrogen (secondary N) is 1. The van der Waals surface area contributed by atoms with Crippen LogP contribution in [0.25, 0.3) is 0 Å². The lowest BCUT2D eigenvalue weighted by Gasteiger charge is -2.28. The van der Waals surface area contributed by atoms with Crippen LogP contribution in [0.4, 0.5) is 0 Å². The van der Waals surface area contributed by atoms with Crippen molar-refractivity contribution in [1.82, 2.24) is 0 Å². The predicted molar refractivity (Wildman–Crippen MR) is 81.6 cm³/mol. The van der Waals surface area contributed by atoms with Crippen LogP contribution < -0.4 is 15.2 Å². The number of fused-ring (bicyclic) bond motifs is 1. The zero-order valence-electron chi connectivity index (χ0n) is 11.1. The first-order valence-corrected chi connectivity index (χ1v) is 7.41. The highest BCUT2D eigenvalue weighted by atomic mass is 35.5. The predicted octanol–water partition coefficient (Wildman–Crippen LogP) is 2.71. The average Bonchev–Trinajstić information content (AvgIpc) is 2.92. The molecule has 2 aliphatic rings. The quantitative estimate of drug-likeness (QED) is 0.816. The fourth-order valence-electron chi connectivity index (χ4n) is 2.47. The van der Waals surface area contributed by atoms with Gasteiger partial charge in [-0.25, -0.2) is 0 Å². The molecule has 6 nitrogen and oxygen atoms in total. The maximum atomic E-state index is 9.40. The van der Waals surface area contributed by atoms with Crippen LogP contribution in [0.2, 0.25) is 5.02 Å². The third-order valence-electron chi connectivity index (χ3n) is 3.50. The largest absolute Gasteiger partial charge is 0.454 e. The molecule has 0 aliphatic carbocycles. The van der Waals surface area contributed by atoms with Gasteiger partial charge in [0.05, 0.1) is 27.8 Å². The molecule has 0 amide bonds. The van der Waals surface area contributed by atoms with Gasteiger partial charge in [-0.05, 0) is 11.6 Å². The molecule has 2 heterocycles. The van der Waals surface area contributed by atoms with Crippen molar-refractivity contribution in [2.75, 3.05) is 6.79 Å². The summed E-state index contributed by atoms with van der Waals surface area (Å²) in [6.07, 6.45) is 0. The maximum Gasteiger partial charge on any atom is 0.231 e. The van der Waals surface area contributed by atoms with Gasteiger partial charge in [0.15, 0.2) is 11.5 Å². The molecule has 0 bridgehead atoms. The van der Waals surface area contributed by atoms with E-state index in [0.29, 0.717) is 22.1 Å². The molecule has 0 aromatic heterocycles. The number of nitrogens with two attached hydrogens (primary N) is 1. The van der Waals surface area contributed by atoms with Crippen LogP contribution in [0.1, 0.15) is 11.5 Å². The molecular weight excluding hydrogens is 324 g/mol. The summed E-state index contributed by atoms with van der Waals surface area (Å²) in [5, 5.41) is 27.4. The summed E-state index contributed by atoms with van der Waals surface area (Å²) < 4.78 is 10.6. The number of ether oxygens (including phenoxy) is 2. The van der Waals surface area contributed by atoms with Crippen LogP contribution in [0.5, 0.6) is 11.5 Å². The Balaban J connectivity index is 2.20. The Morgan fingerprint density at radius 1 is 1.32 bits per heavy atom. The zero-order valence-corrected chi connectivity index (χ0v) is 12.7. The van der Waals surface area contributed by atoms with E-state index in [1.165, 1.54) is 0 Å². The summed E-state index contributed by atoms with van der Waals surface area (Å²) in [6.45, 7) is 0.0935. The third kappa shape index (κ3) is 2.16. The molecule has 2 atom stereocenters. The Hall–Kier alpha value is -2.35. The topological polar surface area (TPSA) is 116 Å². The first-order valence-electron chi connectivity index (χ1n) is 6.21. The van der Waals surface area contributed by atoms with Crippen molar-refractivity contribution in [3.63, 3.8) is 0 Å². The molecule has 0 fully saturated rings. The van der Waals surface area contributed by atoms with Crippen molar-refractivity contribution in [2.45, 2.75) is 5.92 Å². The average molecular weight is 333 g/mol. The number of hydrogen-bond donors (Lipinski definition) is 2. The number of halogens is 1. The van der Waals surface area contributed by atoms with Crippen molar-refractivity contribution in [3.8, 4) is 23.6 Å². The van der Waals surface area contributed by atoms with Gasteiger partial charge in [-0.2, -0.15) is 10.5 Å². The summed E-state index contributed by atoms with van der Waals surface area (Å²) >= 11 is 7.22. The second kappa shape index (κ2) is 5.45. The van der Waals surface area contributed by atoms with E-state index in [1.54, 1.807) is 12.1 Å². The van der Waals surface area contributed by atoms with Gasteiger partial charge in [0.2, 0.25) is 6.79 Å². The smallest absolute Gasteiger partial charge is 0.231 e. The normalized spacial score (nSPS) is 23.1.